The topological polar surface area (TPSA) is 54.2 Å². The predicted octanol–water partition coefficient (Wildman–Crippen LogP) is 3.48. The number of imidazole rings is 1. The monoisotopic (exact) mass is 479 g/mol. The Hall–Kier alpha value is -2.29. The summed E-state index contributed by atoms with van der Waals surface area (Å²) in [5.41, 5.74) is 4.31. The molecule has 6 nitrogen and oxygen atoms in total. The van der Waals surface area contributed by atoms with Crippen LogP contribution in [0.5, 0.6) is 5.75 Å². The quantitative estimate of drug-likeness (QED) is 0.346. The van der Waals surface area contributed by atoms with Crippen molar-refractivity contribution in [1.29, 1.82) is 0 Å². The molecule has 0 amide bonds. The second kappa shape index (κ2) is 9.59. The number of halogens is 1. The van der Waals surface area contributed by atoms with E-state index in [0.29, 0.717) is 6.54 Å². The number of nitrogens with one attached hydrogen (secondary N) is 1. The first-order chi connectivity index (χ1) is 12.6. The van der Waals surface area contributed by atoms with Gasteiger partial charge >= 0.3 is 0 Å². The summed E-state index contributed by atoms with van der Waals surface area (Å²) < 4.78 is 7.30. The number of aromatic nitrogens is 2. The van der Waals surface area contributed by atoms with E-state index in [4.69, 9.17) is 4.74 Å². The number of aliphatic imine (C=N–C) groups is 1. The number of rotatable bonds is 5. The number of ether oxygens (including phenoxy) is 1. The van der Waals surface area contributed by atoms with Crippen LogP contribution in [-0.4, -0.2) is 41.4 Å². The Morgan fingerprint density at radius 3 is 2.59 bits per heavy atom. The van der Waals surface area contributed by atoms with Crippen LogP contribution in [0.3, 0.4) is 0 Å². The molecule has 0 unspecified atom stereocenters. The maximum atomic E-state index is 5.21. The van der Waals surface area contributed by atoms with Crippen LogP contribution in [0.2, 0.25) is 0 Å². The average Bonchev–Trinajstić information content (AvgIpc) is 3.07. The zero-order chi connectivity index (χ0) is 18.5. The van der Waals surface area contributed by atoms with E-state index >= 15 is 0 Å². The molecule has 3 aromatic rings. The summed E-state index contributed by atoms with van der Waals surface area (Å²) in [6, 6.07) is 14.2. The molecule has 27 heavy (non-hydrogen) atoms. The molecule has 0 aliphatic heterocycles. The summed E-state index contributed by atoms with van der Waals surface area (Å²) in [6.07, 6.45) is 2.06. The molecule has 1 N–H and O–H groups in total. The van der Waals surface area contributed by atoms with Crippen LogP contribution in [0.15, 0.2) is 53.7 Å². The third kappa shape index (κ3) is 5.12. The molecular weight excluding hydrogens is 453 g/mol. The van der Waals surface area contributed by atoms with Gasteiger partial charge in [0.1, 0.15) is 11.4 Å². The van der Waals surface area contributed by atoms with Gasteiger partial charge in [0.2, 0.25) is 0 Å². The first-order valence-electron chi connectivity index (χ1n) is 8.59. The predicted molar refractivity (Wildman–Crippen MR) is 120 cm³/mol. The molecule has 7 heteroatoms. The highest BCUT2D eigenvalue weighted by Gasteiger charge is 2.09. The molecule has 0 saturated heterocycles. The van der Waals surface area contributed by atoms with Crippen LogP contribution >= 0.6 is 24.0 Å². The highest BCUT2D eigenvalue weighted by Crippen LogP contribution is 2.13. The van der Waals surface area contributed by atoms with E-state index in [2.05, 4.69) is 55.9 Å². The minimum absolute atomic E-state index is 0. The van der Waals surface area contributed by atoms with E-state index in [1.165, 1.54) is 11.3 Å². The van der Waals surface area contributed by atoms with Gasteiger partial charge in [-0.05, 0) is 36.8 Å². The lowest BCUT2D eigenvalue weighted by Gasteiger charge is -2.22. The molecule has 0 atom stereocenters. The van der Waals surface area contributed by atoms with Gasteiger partial charge in [0, 0.05) is 32.5 Å². The van der Waals surface area contributed by atoms with Crippen LogP contribution in [-0.2, 0) is 13.1 Å². The number of pyridine rings is 1. The van der Waals surface area contributed by atoms with Crippen molar-refractivity contribution in [2.24, 2.45) is 4.99 Å². The molecule has 0 radical (unpaired) electrons. The number of nitrogens with zero attached hydrogens (tertiary/aromatic N) is 4. The van der Waals surface area contributed by atoms with Gasteiger partial charge < -0.3 is 19.4 Å². The summed E-state index contributed by atoms with van der Waals surface area (Å²) in [5, 5.41) is 3.38. The van der Waals surface area contributed by atoms with Crippen LogP contribution in [0.4, 0.5) is 0 Å². The fourth-order valence-electron chi connectivity index (χ4n) is 2.92. The van der Waals surface area contributed by atoms with E-state index in [0.717, 1.165) is 29.6 Å². The lowest BCUT2D eigenvalue weighted by Crippen LogP contribution is -2.38. The van der Waals surface area contributed by atoms with E-state index in [1.54, 1.807) is 14.2 Å². The lowest BCUT2D eigenvalue weighted by molar-refractivity contribution is 0.414. The number of methoxy groups -OCH3 is 1. The van der Waals surface area contributed by atoms with Gasteiger partial charge in [-0.25, -0.2) is 4.98 Å². The molecule has 2 heterocycles. The zero-order valence-electron chi connectivity index (χ0n) is 16.1. The Balaban J connectivity index is 0.00000261. The van der Waals surface area contributed by atoms with Crippen molar-refractivity contribution in [3.63, 3.8) is 0 Å². The highest BCUT2D eigenvalue weighted by atomic mass is 127. The number of aryl methyl sites for hydroxylation is 1. The minimum atomic E-state index is 0. The Labute approximate surface area is 177 Å². The van der Waals surface area contributed by atoms with Crippen molar-refractivity contribution in [3.8, 4) is 5.75 Å². The van der Waals surface area contributed by atoms with Crippen molar-refractivity contribution in [3.05, 3.63) is 65.6 Å². The first kappa shape index (κ1) is 21.0. The minimum Gasteiger partial charge on any atom is -0.497 e. The zero-order valence-corrected chi connectivity index (χ0v) is 18.5. The number of fused-ring (bicyclic) bond motifs is 1. The van der Waals surface area contributed by atoms with Crippen molar-refractivity contribution in [1.82, 2.24) is 19.6 Å². The van der Waals surface area contributed by atoms with E-state index in [1.807, 2.05) is 31.3 Å². The summed E-state index contributed by atoms with van der Waals surface area (Å²) >= 11 is 0. The van der Waals surface area contributed by atoms with Gasteiger partial charge in [-0.3, -0.25) is 4.99 Å². The van der Waals surface area contributed by atoms with Gasteiger partial charge in [-0.2, -0.15) is 0 Å². The normalized spacial score (nSPS) is 11.2. The smallest absolute Gasteiger partial charge is 0.194 e. The largest absolute Gasteiger partial charge is 0.497 e. The molecule has 0 spiro atoms. The molecule has 144 valence electrons. The van der Waals surface area contributed by atoms with Crippen LogP contribution < -0.4 is 10.1 Å². The number of hydrogen-bond donors (Lipinski definition) is 1. The van der Waals surface area contributed by atoms with Crippen LogP contribution in [0.25, 0.3) is 5.65 Å². The van der Waals surface area contributed by atoms with E-state index in [-0.39, 0.29) is 24.0 Å². The Kier molecular flexibility index (Phi) is 7.46. The summed E-state index contributed by atoms with van der Waals surface area (Å²) in [4.78, 5) is 11.1. The Morgan fingerprint density at radius 2 is 1.96 bits per heavy atom. The van der Waals surface area contributed by atoms with Gasteiger partial charge in [0.25, 0.3) is 0 Å². The molecule has 0 aliphatic carbocycles. The molecule has 0 aliphatic rings. The maximum Gasteiger partial charge on any atom is 0.194 e. The summed E-state index contributed by atoms with van der Waals surface area (Å²) in [5.74, 6) is 1.69. The molecule has 0 bridgehead atoms. The fraction of sp³-hybridized carbons (Fsp3) is 0.300. The van der Waals surface area contributed by atoms with Gasteiger partial charge in [0.05, 0.1) is 19.3 Å². The van der Waals surface area contributed by atoms with E-state index in [9.17, 15) is 0 Å². The maximum absolute atomic E-state index is 5.21. The number of benzene rings is 1. The van der Waals surface area contributed by atoms with Crippen LogP contribution in [0.1, 0.15) is 17.0 Å². The Bertz CT molecular complexity index is 904. The van der Waals surface area contributed by atoms with Crippen molar-refractivity contribution < 1.29 is 4.74 Å². The van der Waals surface area contributed by atoms with Crippen molar-refractivity contribution >= 4 is 35.6 Å². The molecule has 1 aromatic carbocycles. The number of guanidine groups is 1. The third-order valence-corrected chi connectivity index (χ3v) is 4.33. The summed E-state index contributed by atoms with van der Waals surface area (Å²) in [6.45, 7) is 3.46. The molecule has 2 aromatic heterocycles. The van der Waals surface area contributed by atoms with Gasteiger partial charge in [-0.15, -0.1) is 24.0 Å². The molecular formula is C20H26IN5O. The number of hydrogen-bond acceptors (Lipinski definition) is 3. The van der Waals surface area contributed by atoms with Crippen molar-refractivity contribution in [2.75, 3.05) is 21.2 Å². The highest BCUT2D eigenvalue weighted by molar-refractivity contribution is 14.0. The molecule has 3 rings (SSSR count). The average molecular weight is 479 g/mol. The van der Waals surface area contributed by atoms with Gasteiger partial charge in [0.15, 0.2) is 5.96 Å². The SMILES string of the molecule is CN=C(NCc1cn2c(C)cccc2n1)N(C)Cc1ccc(OC)cc1.I. The first-order valence-corrected chi connectivity index (χ1v) is 8.59. The van der Waals surface area contributed by atoms with Crippen molar-refractivity contribution in [2.45, 2.75) is 20.0 Å². The second-order valence-corrected chi connectivity index (χ2v) is 6.23. The third-order valence-electron chi connectivity index (χ3n) is 4.33. The fourth-order valence-corrected chi connectivity index (χ4v) is 2.92. The second-order valence-electron chi connectivity index (χ2n) is 6.23. The van der Waals surface area contributed by atoms with Gasteiger partial charge in [-0.1, -0.05) is 18.2 Å². The molecule has 0 saturated carbocycles. The standard InChI is InChI=1S/C20H25N5O.HI/c1-15-6-5-7-19-23-17(14-25(15)19)12-22-20(21-2)24(3)13-16-8-10-18(26-4)11-9-16;/h5-11,14H,12-13H2,1-4H3,(H,21,22);1H. The Morgan fingerprint density at radius 1 is 1.22 bits per heavy atom. The molecule has 0 fully saturated rings. The van der Waals surface area contributed by atoms with Crippen LogP contribution in [0, 0.1) is 6.92 Å². The lowest BCUT2D eigenvalue weighted by atomic mass is 10.2. The summed E-state index contributed by atoms with van der Waals surface area (Å²) in [7, 11) is 5.49. The van der Waals surface area contributed by atoms with E-state index < -0.39 is 0 Å².